The molecule has 0 saturated heterocycles. The summed E-state index contributed by atoms with van der Waals surface area (Å²) in [6.45, 7) is 4.04. The molecule has 3 nitrogen and oxygen atoms in total. The Labute approximate surface area is 72.7 Å². The highest BCUT2D eigenvalue weighted by Crippen LogP contribution is 1.69. The Morgan fingerprint density at radius 1 is 1.70 bits per heavy atom. The molecular weight excluding hydrogens is 172 g/mol. The molecule has 0 spiro atoms. The zero-order chi connectivity index (χ0) is 7.11. The van der Waals surface area contributed by atoms with Crippen molar-refractivity contribution in [2.24, 2.45) is 5.73 Å². The lowest BCUT2D eigenvalue weighted by Gasteiger charge is -2.01. The van der Waals surface area contributed by atoms with Gasteiger partial charge in [0.05, 0.1) is 6.61 Å². The average Bonchev–Trinajstić information content (AvgIpc) is 1.80. The second-order valence-electron chi connectivity index (χ2n) is 1.49. The summed E-state index contributed by atoms with van der Waals surface area (Å²) in [5, 5.41) is 3.09. The summed E-state index contributed by atoms with van der Waals surface area (Å²) in [5.74, 6) is 0. The topological polar surface area (TPSA) is 47.3 Å². The van der Waals surface area contributed by atoms with Crippen molar-refractivity contribution >= 4 is 29.7 Å². The molecule has 0 aromatic heterocycles. The zero-order valence-electron chi connectivity index (χ0n) is 5.92. The van der Waals surface area contributed by atoms with E-state index in [0.29, 0.717) is 18.3 Å². The molecule has 0 radical (unpaired) electrons. The van der Waals surface area contributed by atoms with Crippen molar-refractivity contribution in [3.8, 4) is 0 Å². The number of rotatable bonds is 4. The van der Waals surface area contributed by atoms with Crippen molar-refractivity contribution in [2.75, 3.05) is 19.8 Å². The molecule has 0 aromatic carbocycles. The van der Waals surface area contributed by atoms with Gasteiger partial charge < -0.3 is 15.8 Å². The van der Waals surface area contributed by atoms with Crippen LogP contribution in [0.5, 0.6) is 0 Å². The number of ether oxygens (including phenoxy) is 1. The van der Waals surface area contributed by atoms with Crippen LogP contribution in [0.15, 0.2) is 0 Å². The summed E-state index contributed by atoms with van der Waals surface area (Å²) in [6, 6.07) is 0. The van der Waals surface area contributed by atoms with E-state index in [1.165, 1.54) is 0 Å². The Kier molecular flexibility index (Phi) is 11.3. The largest absolute Gasteiger partial charge is 0.380 e. The van der Waals surface area contributed by atoms with Gasteiger partial charge in [-0.3, -0.25) is 0 Å². The standard InChI is InChI=1S/C5H12N2OS.ClH/c1-2-8-4-3-7-5(6)9;/h2-4H2,1H3,(H3,6,7,9);1H. The summed E-state index contributed by atoms with van der Waals surface area (Å²) >= 11 is 4.56. The maximum absolute atomic E-state index is 5.14. The minimum Gasteiger partial charge on any atom is -0.380 e. The number of thiocarbonyl (C=S) groups is 1. The van der Waals surface area contributed by atoms with Crippen LogP contribution in [0.25, 0.3) is 0 Å². The van der Waals surface area contributed by atoms with Gasteiger partial charge in [-0.1, -0.05) is 0 Å². The van der Waals surface area contributed by atoms with E-state index in [2.05, 4.69) is 17.5 Å². The van der Waals surface area contributed by atoms with Gasteiger partial charge in [-0.25, -0.2) is 0 Å². The molecule has 0 rings (SSSR count). The van der Waals surface area contributed by atoms with Gasteiger partial charge in [-0.2, -0.15) is 0 Å². The second kappa shape index (κ2) is 8.94. The normalized spacial score (nSPS) is 8.10. The highest BCUT2D eigenvalue weighted by Gasteiger charge is 1.84. The SMILES string of the molecule is CCOCCNC(N)=S.Cl. The molecule has 0 fully saturated rings. The fraction of sp³-hybridized carbons (Fsp3) is 0.800. The minimum atomic E-state index is 0. The Bertz CT molecular complexity index is 91.7. The molecule has 0 aliphatic heterocycles. The van der Waals surface area contributed by atoms with Crippen molar-refractivity contribution in [3.63, 3.8) is 0 Å². The van der Waals surface area contributed by atoms with Gasteiger partial charge >= 0.3 is 0 Å². The first-order chi connectivity index (χ1) is 4.27. The Morgan fingerprint density at radius 2 is 2.30 bits per heavy atom. The van der Waals surface area contributed by atoms with Crippen LogP contribution in [0.1, 0.15) is 6.92 Å². The van der Waals surface area contributed by atoms with Crippen molar-refractivity contribution in [1.29, 1.82) is 0 Å². The Balaban J connectivity index is 0. The smallest absolute Gasteiger partial charge is 0.163 e. The summed E-state index contributed by atoms with van der Waals surface area (Å²) in [4.78, 5) is 0. The van der Waals surface area contributed by atoms with Gasteiger partial charge in [0.1, 0.15) is 0 Å². The van der Waals surface area contributed by atoms with E-state index in [4.69, 9.17) is 10.5 Å². The lowest BCUT2D eigenvalue weighted by atomic mass is 10.7. The molecule has 0 heterocycles. The van der Waals surface area contributed by atoms with E-state index in [9.17, 15) is 0 Å². The highest BCUT2D eigenvalue weighted by atomic mass is 35.5. The van der Waals surface area contributed by atoms with Crippen LogP contribution in [-0.4, -0.2) is 24.9 Å². The first-order valence-corrected chi connectivity index (χ1v) is 3.29. The van der Waals surface area contributed by atoms with Crippen LogP contribution < -0.4 is 11.1 Å². The van der Waals surface area contributed by atoms with Crippen LogP contribution in [0, 0.1) is 0 Å². The maximum atomic E-state index is 5.14. The van der Waals surface area contributed by atoms with Crippen LogP contribution >= 0.6 is 24.6 Å². The van der Waals surface area contributed by atoms with Gasteiger partial charge in [0.15, 0.2) is 5.11 Å². The number of halogens is 1. The third-order valence-corrected chi connectivity index (χ3v) is 0.894. The molecule has 0 unspecified atom stereocenters. The van der Waals surface area contributed by atoms with Gasteiger partial charge in [0.2, 0.25) is 0 Å². The molecule has 0 aliphatic rings. The summed E-state index contributed by atoms with van der Waals surface area (Å²) in [6.07, 6.45) is 0. The van der Waals surface area contributed by atoms with E-state index in [0.717, 1.165) is 6.61 Å². The molecule has 0 atom stereocenters. The number of nitrogens with one attached hydrogen (secondary N) is 1. The van der Waals surface area contributed by atoms with Crippen LogP contribution in [0.4, 0.5) is 0 Å². The first-order valence-electron chi connectivity index (χ1n) is 2.88. The first kappa shape index (κ1) is 12.6. The highest BCUT2D eigenvalue weighted by molar-refractivity contribution is 7.80. The van der Waals surface area contributed by atoms with Crippen molar-refractivity contribution < 1.29 is 4.74 Å². The lowest BCUT2D eigenvalue weighted by molar-refractivity contribution is 0.152. The summed E-state index contributed by atoms with van der Waals surface area (Å²) in [7, 11) is 0. The molecule has 62 valence electrons. The fourth-order valence-corrected chi connectivity index (χ4v) is 0.493. The predicted molar refractivity (Wildman–Crippen MR) is 48.5 cm³/mol. The van der Waals surface area contributed by atoms with Crippen LogP contribution in [-0.2, 0) is 4.74 Å². The number of hydrogen-bond acceptors (Lipinski definition) is 2. The van der Waals surface area contributed by atoms with Crippen molar-refractivity contribution in [1.82, 2.24) is 5.32 Å². The van der Waals surface area contributed by atoms with Crippen molar-refractivity contribution in [3.05, 3.63) is 0 Å². The van der Waals surface area contributed by atoms with Gasteiger partial charge in [-0.15, -0.1) is 12.4 Å². The third-order valence-electron chi connectivity index (χ3n) is 0.750. The Hall–Kier alpha value is -0.0600. The van der Waals surface area contributed by atoms with Crippen LogP contribution in [0.3, 0.4) is 0 Å². The lowest BCUT2D eigenvalue weighted by Crippen LogP contribution is -2.31. The average molecular weight is 185 g/mol. The van der Waals surface area contributed by atoms with Gasteiger partial charge in [0, 0.05) is 13.2 Å². The van der Waals surface area contributed by atoms with Crippen LogP contribution in [0.2, 0.25) is 0 Å². The minimum absolute atomic E-state index is 0. The molecule has 10 heavy (non-hydrogen) atoms. The molecule has 0 saturated carbocycles. The monoisotopic (exact) mass is 184 g/mol. The maximum Gasteiger partial charge on any atom is 0.163 e. The van der Waals surface area contributed by atoms with E-state index in [-0.39, 0.29) is 12.4 Å². The molecule has 0 bridgehead atoms. The summed E-state index contributed by atoms with van der Waals surface area (Å²) in [5.41, 5.74) is 5.14. The second-order valence-corrected chi connectivity index (χ2v) is 1.93. The zero-order valence-corrected chi connectivity index (χ0v) is 7.56. The number of nitrogens with two attached hydrogens (primary N) is 1. The van der Waals surface area contributed by atoms with E-state index < -0.39 is 0 Å². The number of hydrogen-bond donors (Lipinski definition) is 2. The molecular formula is C5H13ClN2OS. The van der Waals surface area contributed by atoms with Gasteiger partial charge in [-0.05, 0) is 19.1 Å². The molecule has 0 aromatic rings. The molecule has 5 heteroatoms. The van der Waals surface area contributed by atoms with Gasteiger partial charge in [0.25, 0.3) is 0 Å². The van der Waals surface area contributed by atoms with Crippen molar-refractivity contribution in [2.45, 2.75) is 6.92 Å². The van der Waals surface area contributed by atoms with E-state index in [1.54, 1.807) is 0 Å². The predicted octanol–water partition coefficient (Wildman–Crippen LogP) is 0.278. The molecule has 3 N–H and O–H groups in total. The molecule has 0 aliphatic carbocycles. The van der Waals surface area contributed by atoms with E-state index in [1.807, 2.05) is 6.92 Å². The summed E-state index contributed by atoms with van der Waals surface area (Å²) < 4.78 is 5.01. The molecule has 0 amide bonds. The Morgan fingerprint density at radius 3 is 2.70 bits per heavy atom. The fourth-order valence-electron chi connectivity index (χ4n) is 0.391. The third kappa shape index (κ3) is 10.8. The van der Waals surface area contributed by atoms with E-state index >= 15 is 0 Å². The quantitative estimate of drug-likeness (QED) is 0.487.